The molecule has 0 aliphatic carbocycles. The second-order valence-corrected chi connectivity index (χ2v) is 3.11. The quantitative estimate of drug-likeness (QED) is 0.743. The number of primary amides is 1. The average molecular weight is 239 g/mol. The lowest BCUT2D eigenvalue weighted by Crippen LogP contribution is -2.20. The molecule has 0 fully saturated rings. The van der Waals surface area contributed by atoms with Gasteiger partial charge in [0.15, 0.2) is 6.61 Å². The fourth-order valence-corrected chi connectivity index (χ4v) is 1.09. The first-order valence-electron chi connectivity index (χ1n) is 4.60. The predicted molar refractivity (Wildman–Crippen MR) is 57.8 cm³/mol. The smallest absolute Gasteiger partial charge is 0.328 e. The monoisotopic (exact) mass is 239 g/mol. The molecule has 0 spiro atoms. The molecule has 0 unspecified atom stereocenters. The van der Waals surface area contributed by atoms with Gasteiger partial charge in [0.05, 0.1) is 0 Å². The Bertz CT molecular complexity index is 471. The highest BCUT2D eigenvalue weighted by atomic mass is 19.1. The number of hydrogen-bond acceptors (Lipinski definition) is 3. The fraction of sp³-hybridized carbons (Fsp3) is 0.0909. The van der Waals surface area contributed by atoms with E-state index in [-0.39, 0.29) is 17.9 Å². The van der Waals surface area contributed by atoms with Crippen LogP contribution in [0.5, 0.6) is 5.75 Å². The zero-order valence-electron chi connectivity index (χ0n) is 8.72. The number of ether oxygens (including phenoxy) is 1. The average Bonchev–Trinajstić information content (AvgIpc) is 2.24. The van der Waals surface area contributed by atoms with Crippen molar-refractivity contribution in [1.82, 2.24) is 0 Å². The van der Waals surface area contributed by atoms with Crippen LogP contribution >= 0.6 is 0 Å². The van der Waals surface area contributed by atoms with Crippen molar-refractivity contribution in [1.29, 1.82) is 0 Å². The molecule has 1 aromatic rings. The first kappa shape index (κ1) is 12.7. The summed E-state index contributed by atoms with van der Waals surface area (Å²) in [6.45, 7) is -0.362. The second-order valence-electron chi connectivity index (χ2n) is 3.11. The third kappa shape index (κ3) is 4.33. The van der Waals surface area contributed by atoms with Crippen molar-refractivity contribution in [2.75, 3.05) is 6.61 Å². The zero-order chi connectivity index (χ0) is 12.8. The molecule has 1 rings (SSSR count). The van der Waals surface area contributed by atoms with Gasteiger partial charge in [-0.1, -0.05) is 0 Å². The van der Waals surface area contributed by atoms with Gasteiger partial charge in [-0.25, -0.2) is 9.18 Å². The van der Waals surface area contributed by atoms with Crippen LogP contribution in [-0.4, -0.2) is 23.6 Å². The Morgan fingerprint density at radius 2 is 2.18 bits per heavy atom. The number of rotatable bonds is 5. The van der Waals surface area contributed by atoms with E-state index in [9.17, 15) is 14.0 Å². The maximum Gasteiger partial charge on any atom is 0.328 e. The molecule has 0 saturated carbocycles. The van der Waals surface area contributed by atoms with Crippen LogP contribution in [0.4, 0.5) is 4.39 Å². The minimum absolute atomic E-state index is 0.183. The summed E-state index contributed by atoms with van der Waals surface area (Å²) in [5.74, 6) is -2.21. The number of halogens is 1. The van der Waals surface area contributed by atoms with E-state index < -0.39 is 17.7 Å². The number of benzene rings is 1. The Hall–Kier alpha value is -2.37. The van der Waals surface area contributed by atoms with Gasteiger partial charge in [-0.15, -0.1) is 0 Å². The molecule has 3 N–H and O–H groups in total. The van der Waals surface area contributed by atoms with Gasteiger partial charge in [0, 0.05) is 11.6 Å². The summed E-state index contributed by atoms with van der Waals surface area (Å²) in [5, 5.41) is 8.46. The van der Waals surface area contributed by atoms with Gasteiger partial charge < -0.3 is 15.6 Å². The molecule has 90 valence electrons. The maximum absolute atomic E-state index is 12.9. The largest absolute Gasteiger partial charge is 0.483 e. The number of carbonyl (C=O) groups is 2. The molecule has 5 nitrogen and oxygen atoms in total. The standard InChI is InChI=1S/C11H10FNO4/c12-8-2-3-9(17-6-10(13)14)7(5-8)1-4-11(15)16/h1-5H,6H2,(H2,13,14)(H,15,16)/b4-1+. The Balaban J connectivity index is 2.95. The molecule has 0 heterocycles. The van der Waals surface area contributed by atoms with E-state index in [4.69, 9.17) is 15.6 Å². The zero-order valence-corrected chi connectivity index (χ0v) is 8.72. The van der Waals surface area contributed by atoms with Gasteiger partial charge in [-0.05, 0) is 24.3 Å². The van der Waals surface area contributed by atoms with Crippen LogP contribution in [0.3, 0.4) is 0 Å². The van der Waals surface area contributed by atoms with Crippen molar-refractivity contribution < 1.29 is 23.8 Å². The highest BCUT2D eigenvalue weighted by Crippen LogP contribution is 2.21. The fourth-order valence-electron chi connectivity index (χ4n) is 1.09. The van der Waals surface area contributed by atoms with E-state index in [0.29, 0.717) is 0 Å². The summed E-state index contributed by atoms with van der Waals surface area (Å²) in [7, 11) is 0. The van der Waals surface area contributed by atoms with E-state index in [2.05, 4.69) is 0 Å². The second kappa shape index (κ2) is 5.64. The Morgan fingerprint density at radius 1 is 1.47 bits per heavy atom. The van der Waals surface area contributed by atoms with Crippen LogP contribution < -0.4 is 10.5 Å². The van der Waals surface area contributed by atoms with Crippen LogP contribution in [0, 0.1) is 5.82 Å². The number of hydrogen-bond donors (Lipinski definition) is 2. The van der Waals surface area contributed by atoms with Gasteiger partial charge >= 0.3 is 5.97 Å². The summed E-state index contributed by atoms with van der Waals surface area (Å²) >= 11 is 0. The van der Waals surface area contributed by atoms with Crippen LogP contribution in [0.15, 0.2) is 24.3 Å². The molecule has 0 atom stereocenters. The van der Waals surface area contributed by atoms with E-state index >= 15 is 0 Å². The van der Waals surface area contributed by atoms with Gasteiger partial charge in [0.1, 0.15) is 11.6 Å². The summed E-state index contributed by atoms with van der Waals surface area (Å²) in [6, 6.07) is 3.52. The third-order valence-corrected chi connectivity index (χ3v) is 1.75. The van der Waals surface area contributed by atoms with E-state index in [1.165, 1.54) is 12.1 Å². The molecule has 0 aliphatic heterocycles. The van der Waals surface area contributed by atoms with Crippen molar-refractivity contribution in [3.8, 4) is 5.75 Å². The van der Waals surface area contributed by atoms with Crippen molar-refractivity contribution in [3.63, 3.8) is 0 Å². The van der Waals surface area contributed by atoms with Crippen molar-refractivity contribution >= 4 is 18.0 Å². The maximum atomic E-state index is 12.9. The summed E-state index contributed by atoms with van der Waals surface area (Å²) in [6.07, 6.45) is 2.01. The number of carbonyl (C=O) groups excluding carboxylic acids is 1. The molecular formula is C11H10FNO4. The topological polar surface area (TPSA) is 89.6 Å². The first-order chi connectivity index (χ1) is 7.99. The number of aliphatic carboxylic acids is 1. The predicted octanol–water partition coefficient (Wildman–Crippen LogP) is 0.788. The lowest BCUT2D eigenvalue weighted by atomic mass is 10.2. The highest BCUT2D eigenvalue weighted by Gasteiger charge is 2.05. The molecule has 0 aromatic heterocycles. The Morgan fingerprint density at radius 3 is 2.76 bits per heavy atom. The molecule has 1 aromatic carbocycles. The Labute approximate surface area is 96.3 Å². The summed E-state index contributed by atoms with van der Waals surface area (Å²) in [4.78, 5) is 20.9. The van der Waals surface area contributed by atoms with Gasteiger partial charge in [-0.2, -0.15) is 0 Å². The van der Waals surface area contributed by atoms with Crippen LogP contribution in [0.25, 0.3) is 6.08 Å². The number of carboxylic acid groups (broad SMARTS) is 1. The van der Waals surface area contributed by atoms with Gasteiger partial charge in [-0.3, -0.25) is 4.79 Å². The number of carboxylic acids is 1. The van der Waals surface area contributed by atoms with Crippen molar-refractivity contribution in [2.45, 2.75) is 0 Å². The van der Waals surface area contributed by atoms with Gasteiger partial charge in [0.2, 0.25) is 0 Å². The summed E-state index contributed by atoms with van der Waals surface area (Å²) in [5.41, 5.74) is 5.11. The van der Waals surface area contributed by atoms with Crippen LogP contribution in [-0.2, 0) is 9.59 Å². The molecule has 0 saturated heterocycles. The SMILES string of the molecule is NC(=O)COc1ccc(F)cc1/C=C/C(=O)O. The minimum Gasteiger partial charge on any atom is -0.483 e. The molecular weight excluding hydrogens is 229 g/mol. The molecule has 0 aliphatic rings. The lowest BCUT2D eigenvalue weighted by Gasteiger charge is -2.07. The Kier molecular flexibility index (Phi) is 4.21. The molecule has 1 amide bonds. The summed E-state index contributed by atoms with van der Waals surface area (Å²) < 4.78 is 17.9. The number of nitrogens with two attached hydrogens (primary N) is 1. The first-order valence-corrected chi connectivity index (χ1v) is 4.60. The molecule has 0 radical (unpaired) electrons. The molecule has 0 bridgehead atoms. The van der Waals surface area contributed by atoms with Gasteiger partial charge in [0.25, 0.3) is 5.91 Å². The molecule has 17 heavy (non-hydrogen) atoms. The molecule has 6 heteroatoms. The van der Waals surface area contributed by atoms with Crippen molar-refractivity contribution in [2.24, 2.45) is 5.73 Å². The van der Waals surface area contributed by atoms with Crippen molar-refractivity contribution in [3.05, 3.63) is 35.7 Å². The minimum atomic E-state index is -1.17. The van der Waals surface area contributed by atoms with E-state index in [0.717, 1.165) is 18.2 Å². The van der Waals surface area contributed by atoms with E-state index in [1.807, 2.05) is 0 Å². The highest BCUT2D eigenvalue weighted by molar-refractivity contribution is 5.86. The van der Waals surface area contributed by atoms with E-state index in [1.54, 1.807) is 0 Å². The normalized spacial score (nSPS) is 10.4. The number of amides is 1. The lowest BCUT2D eigenvalue weighted by molar-refractivity contribution is -0.131. The third-order valence-electron chi connectivity index (χ3n) is 1.75. The van der Waals surface area contributed by atoms with Crippen LogP contribution in [0.1, 0.15) is 5.56 Å². The van der Waals surface area contributed by atoms with Crippen LogP contribution in [0.2, 0.25) is 0 Å².